The fraction of sp³-hybridized carbons (Fsp3) is 1.00. The zero-order valence-corrected chi connectivity index (χ0v) is 10.4. The van der Waals surface area contributed by atoms with E-state index in [0.717, 1.165) is 0 Å². The molecule has 0 aromatic rings. The largest absolute Gasteiger partial charge is 0.394 e. The Hall–Kier alpha value is -0.0631. The van der Waals surface area contributed by atoms with Crippen LogP contribution in [0.25, 0.3) is 0 Å². The third-order valence-corrected chi connectivity index (χ3v) is 3.41. The Morgan fingerprint density at radius 2 is 1.44 bits per heavy atom. The molecule has 0 bridgehead atoms. The number of aliphatic hydroxyl groups is 4. The van der Waals surface area contributed by atoms with Crippen LogP contribution in [0.4, 0.5) is 0 Å². The minimum absolute atomic E-state index is 0.0357. The van der Waals surface area contributed by atoms with E-state index in [4.69, 9.17) is 34.0 Å². The predicted molar refractivity (Wildman–Crippen MR) is 57.1 cm³/mol. The molecule has 2 atom stereocenters. The summed E-state index contributed by atoms with van der Waals surface area (Å²) in [6.45, 7) is -0.835. The van der Waals surface area contributed by atoms with Crippen LogP contribution >= 0.6 is 0 Å². The van der Waals surface area contributed by atoms with Crippen LogP contribution in [0.5, 0.6) is 0 Å². The van der Waals surface area contributed by atoms with Crippen LogP contribution in [0.1, 0.15) is 0 Å². The first-order chi connectivity index (χ1) is 7.63. The van der Waals surface area contributed by atoms with Crippen molar-refractivity contribution in [1.82, 2.24) is 0 Å². The van der Waals surface area contributed by atoms with Gasteiger partial charge in [0.2, 0.25) is 0 Å². The van der Waals surface area contributed by atoms with Crippen LogP contribution in [-0.2, 0) is 13.6 Å². The molecule has 0 heterocycles. The van der Waals surface area contributed by atoms with Gasteiger partial charge in [0.15, 0.2) is 0 Å². The smallest absolute Gasteiger partial charge is 0.348 e. The quantitative estimate of drug-likeness (QED) is 0.311. The van der Waals surface area contributed by atoms with Crippen molar-refractivity contribution in [3.63, 3.8) is 0 Å². The fourth-order valence-electron chi connectivity index (χ4n) is 0.823. The van der Waals surface area contributed by atoms with Gasteiger partial charge in [0.05, 0.1) is 44.9 Å². The summed E-state index contributed by atoms with van der Waals surface area (Å²) in [5.74, 6) is 0. The molecule has 0 spiro atoms. The van der Waals surface area contributed by atoms with E-state index in [1.807, 2.05) is 0 Å². The van der Waals surface area contributed by atoms with Crippen LogP contribution in [0.3, 0.4) is 0 Å². The first-order valence-electron chi connectivity index (χ1n) is 4.94. The monoisotopic (exact) mass is 256 g/mol. The summed E-state index contributed by atoms with van der Waals surface area (Å²) in [5.41, 5.74) is 0. The summed E-state index contributed by atoms with van der Waals surface area (Å²) in [5, 5.41) is 35.3. The molecule has 0 saturated carbocycles. The highest BCUT2D eigenvalue weighted by molar-refractivity contribution is 6.44. The number of hydrogen-bond donors (Lipinski definition) is 4. The molecule has 0 rings (SSSR count). The van der Waals surface area contributed by atoms with Gasteiger partial charge in [-0.3, -0.25) is 0 Å². The summed E-state index contributed by atoms with van der Waals surface area (Å²) in [6.07, 6.45) is -1.63. The molecule has 0 amide bonds. The average molecular weight is 256 g/mol. The van der Waals surface area contributed by atoms with Crippen molar-refractivity contribution in [2.45, 2.75) is 12.2 Å². The van der Waals surface area contributed by atoms with Crippen molar-refractivity contribution in [3.8, 4) is 0 Å². The molecule has 0 aromatic heterocycles. The van der Waals surface area contributed by atoms with E-state index in [9.17, 15) is 0 Å². The lowest BCUT2D eigenvalue weighted by molar-refractivity contribution is 0.0171. The number of aliphatic hydroxyl groups excluding tert-OH is 4. The molecule has 16 heavy (non-hydrogen) atoms. The molecule has 7 nitrogen and oxygen atoms in total. The van der Waals surface area contributed by atoms with Gasteiger partial charge >= 0.3 is 9.28 Å². The van der Waals surface area contributed by atoms with E-state index in [0.29, 0.717) is 0 Å². The highest BCUT2D eigenvalue weighted by Gasteiger charge is 2.17. The van der Waals surface area contributed by atoms with Gasteiger partial charge < -0.3 is 34.0 Å². The van der Waals surface area contributed by atoms with Crippen molar-refractivity contribution in [2.24, 2.45) is 0 Å². The zero-order valence-electron chi connectivity index (χ0n) is 9.28. The van der Waals surface area contributed by atoms with Gasteiger partial charge in [-0.15, -0.1) is 0 Å². The summed E-state index contributed by atoms with van der Waals surface area (Å²) >= 11 is 0. The minimum atomic E-state index is -2.14. The lowest BCUT2D eigenvalue weighted by Gasteiger charge is -2.18. The SMILES string of the molecule is COC[SiH](OCC(O)CO)OCC(O)CO. The van der Waals surface area contributed by atoms with Crippen LogP contribution < -0.4 is 0 Å². The highest BCUT2D eigenvalue weighted by atomic mass is 28.3. The first-order valence-corrected chi connectivity index (χ1v) is 6.70. The van der Waals surface area contributed by atoms with Gasteiger partial charge in [0, 0.05) is 7.11 Å². The molecule has 0 aliphatic heterocycles. The molecular weight excluding hydrogens is 236 g/mol. The standard InChI is InChI=1S/C8H20O7Si/c1-13-6-16(14-4-7(11)2-9)15-5-8(12)3-10/h7-12,16H,2-6H2,1H3. The van der Waals surface area contributed by atoms with E-state index in [1.165, 1.54) is 7.11 Å². The van der Waals surface area contributed by atoms with Crippen molar-refractivity contribution >= 4 is 9.28 Å². The Kier molecular flexibility index (Phi) is 10.1. The summed E-state index contributed by atoms with van der Waals surface area (Å²) in [4.78, 5) is 0. The van der Waals surface area contributed by atoms with Crippen LogP contribution in [0.15, 0.2) is 0 Å². The first kappa shape index (κ1) is 15.9. The lowest BCUT2D eigenvalue weighted by Crippen LogP contribution is -2.36. The Morgan fingerprint density at radius 1 is 1.00 bits per heavy atom. The summed E-state index contributed by atoms with van der Waals surface area (Å²) in [7, 11) is -0.655. The van der Waals surface area contributed by atoms with E-state index in [-0.39, 0.29) is 32.7 Å². The molecular formula is C8H20O7Si. The third kappa shape index (κ3) is 8.13. The Morgan fingerprint density at radius 3 is 1.75 bits per heavy atom. The molecule has 98 valence electrons. The van der Waals surface area contributed by atoms with Gasteiger partial charge in [-0.05, 0) is 0 Å². The van der Waals surface area contributed by atoms with Gasteiger partial charge in [0.25, 0.3) is 0 Å². The lowest BCUT2D eigenvalue weighted by atomic mass is 10.4. The number of ether oxygens (including phenoxy) is 1. The van der Waals surface area contributed by atoms with Crippen LogP contribution in [0.2, 0.25) is 0 Å². The van der Waals surface area contributed by atoms with E-state index in [2.05, 4.69) is 0 Å². The van der Waals surface area contributed by atoms with Gasteiger partial charge in [-0.1, -0.05) is 0 Å². The maximum absolute atomic E-state index is 9.06. The second-order valence-electron chi connectivity index (χ2n) is 3.22. The molecule has 4 N–H and O–H groups in total. The average Bonchev–Trinajstić information content (AvgIpc) is 2.31. The molecule has 0 aliphatic carbocycles. The highest BCUT2D eigenvalue weighted by Crippen LogP contribution is 1.95. The number of methoxy groups -OCH3 is 1. The maximum Gasteiger partial charge on any atom is 0.348 e. The van der Waals surface area contributed by atoms with Crippen molar-refractivity contribution in [2.75, 3.05) is 39.8 Å². The normalized spacial score (nSPS) is 17.1. The second-order valence-corrected chi connectivity index (χ2v) is 5.08. The maximum atomic E-state index is 9.06. The second kappa shape index (κ2) is 10.1. The van der Waals surface area contributed by atoms with E-state index >= 15 is 0 Å². The number of hydrogen-bond acceptors (Lipinski definition) is 7. The summed E-state index contributed by atoms with van der Waals surface area (Å²) in [6, 6.07) is 0. The molecule has 0 fully saturated rings. The summed E-state index contributed by atoms with van der Waals surface area (Å²) < 4.78 is 15.3. The topological polar surface area (TPSA) is 109 Å². The minimum Gasteiger partial charge on any atom is -0.394 e. The number of rotatable bonds is 10. The van der Waals surface area contributed by atoms with Gasteiger partial charge in [0.1, 0.15) is 0 Å². The molecule has 2 unspecified atom stereocenters. The van der Waals surface area contributed by atoms with Crippen molar-refractivity contribution in [3.05, 3.63) is 0 Å². The van der Waals surface area contributed by atoms with Gasteiger partial charge in [-0.25, -0.2) is 0 Å². The molecule has 8 heteroatoms. The van der Waals surface area contributed by atoms with Crippen molar-refractivity contribution in [1.29, 1.82) is 0 Å². The Bertz CT molecular complexity index is 145. The molecule has 0 aliphatic rings. The third-order valence-electron chi connectivity index (χ3n) is 1.67. The van der Waals surface area contributed by atoms with E-state index < -0.39 is 21.5 Å². The zero-order chi connectivity index (χ0) is 12.4. The fourth-order valence-corrected chi connectivity index (χ4v) is 2.26. The van der Waals surface area contributed by atoms with E-state index in [1.54, 1.807) is 0 Å². The van der Waals surface area contributed by atoms with Crippen molar-refractivity contribution < 1.29 is 34.0 Å². The molecule has 0 radical (unpaired) electrons. The molecule has 0 saturated heterocycles. The Balaban J connectivity index is 3.78. The van der Waals surface area contributed by atoms with Crippen LogP contribution in [-0.4, -0.2) is 81.7 Å². The van der Waals surface area contributed by atoms with Gasteiger partial charge in [-0.2, -0.15) is 0 Å². The predicted octanol–water partition coefficient (Wildman–Crippen LogP) is -2.87. The van der Waals surface area contributed by atoms with Crippen LogP contribution in [0, 0.1) is 0 Å². The molecule has 0 aromatic carbocycles. The Labute approximate surface area is 96.0 Å².